The van der Waals surface area contributed by atoms with Gasteiger partial charge in [0.25, 0.3) is 0 Å². The van der Waals surface area contributed by atoms with Crippen LogP contribution in [0.1, 0.15) is 31.2 Å². The van der Waals surface area contributed by atoms with Crippen LogP contribution < -0.4 is 10.6 Å². The number of ether oxygens (including phenoxy) is 2. The summed E-state index contributed by atoms with van der Waals surface area (Å²) >= 11 is 1.81. The smallest absolute Gasteiger partial charge is 0.191 e. The number of hydrogen-bond acceptors (Lipinski definition) is 6. The van der Waals surface area contributed by atoms with E-state index >= 15 is 0 Å². The van der Waals surface area contributed by atoms with Crippen molar-refractivity contribution in [3.8, 4) is 0 Å². The molecule has 2 N–H and O–H groups in total. The Labute approximate surface area is 203 Å². The second-order valence-corrected chi connectivity index (χ2v) is 8.48. The number of methoxy groups -OCH3 is 1. The number of morpholine rings is 1. The van der Waals surface area contributed by atoms with Gasteiger partial charge in [-0.3, -0.25) is 9.89 Å². The largest absolute Gasteiger partial charge is 0.385 e. The van der Waals surface area contributed by atoms with Gasteiger partial charge in [-0.15, -0.1) is 35.3 Å². The average molecular weight is 554 g/mol. The minimum Gasteiger partial charge on any atom is -0.385 e. The maximum Gasteiger partial charge on any atom is 0.191 e. The molecule has 2 rings (SSSR count). The van der Waals surface area contributed by atoms with Crippen molar-refractivity contribution < 1.29 is 9.47 Å². The quantitative estimate of drug-likeness (QED) is 0.180. The Balaban J connectivity index is 0.00000450. The first-order valence-corrected chi connectivity index (χ1v) is 11.6. The van der Waals surface area contributed by atoms with E-state index in [4.69, 9.17) is 14.5 Å². The van der Waals surface area contributed by atoms with Gasteiger partial charge in [-0.05, 0) is 38.8 Å². The minimum absolute atomic E-state index is 0. The Kier molecular flexibility index (Phi) is 14.9. The van der Waals surface area contributed by atoms with Crippen molar-refractivity contribution in [2.75, 3.05) is 73.2 Å². The summed E-state index contributed by atoms with van der Waals surface area (Å²) in [5.41, 5.74) is 0. The SMILES string of the molecule is CCNC(=NCC(c1cccs1)N1CCOC(C)C1)NCCN(C)CCCOC.I. The van der Waals surface area contributed by atoms with Crippen LogP contribution in [-0.2, 0) is 9.47 Å². The van der Waals surface area contributed by atoms with Crippen LogP contribution in [0.2, 0.25) is 0 Å². The highest BCUT2D eigenvalue weighted by molar-refractivity contribution is 14.0. The second kappa shape index (κ2) is 16.2. The van der Waals surface area contributed by atoms with Crippen molar-refractivity contribution in [1.29, 1.82) is 0 Å². The maximum atomic E-state index is 5.74. The third-order valence-corrected chi connectivity index (χ3v) is 6.00. The Hall–Kier alpha value is -0.460. The van der Waals surface area contributed by atoms with Gasteiger partial charge in [-0.1, -0.05) is 6.07 Å². The molecule has 30 heavy (non-hydrogen) atoms. The molecule has 0 radical (unpaired) electrons. The fourth-order valence-electron chi connectivity index (χ4n) is 3.47. The third-order valence-electron chi connectivity index (χ3n) is 5.03. The van der Waals surface area contributed by atoms with E-state index in [2.05, 4.69) is 58.8 Å². The van der Waals surface area contributed by atoms with Crippen LogP contribution in [0.4, 0.5) is 0 Å². The molecule has 2 heterocycles. The monoisotopic (exact) mass is 553 g/mol. The van der Waals surface area contributed by atoms with Crippen molar-refractivity contribution in [3.63, 3.8) is 0 Å². The highest BCUT2D eigenvalue weighted by Crippen LogP contribution is 2.27. The molecule has 0 saturated carbocycles. The summed E-state index contributed by atoms with van der Waals surface area (Å²) in [5, 5.41) is 9.01. The highest BCUT2D eigenvalue weighted by Gasteiger charge is 2.26. The van der Waals surface area contributed by atoms with Gasteiger partial charge in [0.1, 0.15) is 0 Å². The van der Waals surface area contributed by atoms with Crippen LogP contribution in [0.5, 0.6) is 0 Å². The van der Waals surface area contributed by atoms with E-state index in [0.29, 0.717) is 6.04 Å². The molecule has 2 atom stereocenters. The summed E-state index contributed by atoms with van der Waals surface area (Å²) in [5.74, 6) is 0.889. The van der Waals surface area contributed by atoms with Gasteiger partial charge in [-0.25, -0.2) is 0 Å². The van der Waals surface area contributed by atoms with Gasteiger partial charge >= 0.3 is 0 Å². The third kappa shape index (κ3) is 10.2. The summed E-state index contributed by atoms with van der Waals surface area (Å²) in [6.45, 7) is 12.2. The van der Waals surface area contributed by atoms with Gasteiger partial charge in [0.2, 0.25) is 0 Å². The molecule has 0 aliphatic carbocycles. The molecule has 1 aromatic heterocycles. The first-order chi connectivity index (χ1) is 14.1. The molecular weight excluding hydrogens is 513 g/mol. The number of rotatable bonds is 12. The van der Waals surface area contributed by atoms with Gasteiger partial charge in [0.05, 0.1) is 25.3 Å². The van der Waals surface area contributed by atoms with Crippen LogP contribution in [0.3, 0.4) is 0 Å². The van der Waals surface area contributed by atoms with E-state index < -0.39 is 0 Å². The lowest BCUT2D eigenvalue weighted by atomic mass is 10.1. The highest BCUT2D eigenvalue weighted by atomic mass is 127. The van der Waals surface area contributed by atoms with E-state index in [1.807, 2.05) is 11.3 Å². The molecule has 1 aliphatic heterocycles. The molecular formula is C21H40IN5O2S. The maximum absolute atomic E-state index is 5.74. The standard InChI is InChI=1S/C21H39N5O2S.HI/c1-5-22-21(23-9-11-25(3)10-7-13-27-4)24-16-19(20-8-6-15-29-20)26-12-14-28-18(2)17-26;/h6,8,15,18-19H,5,7,9-14,16-17H2,1-4H3,(H2,22,23,24);1H. The van der Waals surface area contributed by atoms with E-state index in [1.54, 1.807) is 7.11 Å². The Morgan fingerprint density at radius 2 is 2.27 bits per heavy atom. The summed E-state index contributed by atoms with van der Waals surface area (Å²) in [6, 6.07) is 4.65. The predicted octanol–water partition coefficient (Wildman–Crippen LogP) is 2.65. The zero-order chi connectivity index (χ0) is 20.9. The van der Waals surface area contributed by atoms with Gasteiger partial charge in [0, 0.05) is 57.9 Å². The summed E-state index contributed by atoms with van der Waals surface area (Å²) in [4.78, 5) is 11.1. The molecule has 9 heteroatoms. The fraction of sp³-hybridized carbons (Fsp3) is 0.762. The first kappa shape index (κ1) is 27.6. The van der Waals surface area contributed by atoms with Gasteiger partial charge < -0.3 is 25.0 Å². The van der Waals surface area contributed by atoms with Crippen LogP contribution in [0.25, 0.3) is 0 Å². The van der Waals surface area contributed by atoms with E-state index in [-0.39, 0.29) is 30.1 Å². The number of thiophene rings is 1. The number of nitrogens with zero attached hydrogens (tertiary/aromatic N) is 3. The normalized spacial score (nSPS) is 18.8. The second-order valence-electron chi connectivity index (χ2n) is 7.50. The molecule has 1 saturated heterocycles. The number of aliphatic imine (C=N–C) groups is 1. The zero-order valence-corrected chi connectivity index (χ0v) is 22.1. The molecule has 0 amide bonds. The summed E-state index contributed by atoms with van der Waals surface area (Å²) in [7, 11) is 3.90. The Morgan fingerprint density at radius 1 is 1.43 bits per heavy atom. The topological polar surface area (TPSA) is 61.4 Å². The van der Waals surface area contributed by atoms with Crippen LogP contribution in [-0.4, -0.2) is 95.0 Å². The summed E-state index contributed by atoms with van der Waals surface area (Å²) in [6.07, 6.45) is 1.33. The molecule has 7 nitrogen and oxygen atoms in total. The number of guanidine groups is 1. The predicted molar refractivity (Wildman–Crippen MR) is 137 cm³/mol. The lowest BCUT2D eigenvalue weighted by Crippen LogP contribution is -2.45. The number of likely N-dealkylation sites (N-methyl/N-ethyl adjacent to an activating group) is 1. The average Bonchev–Trinajstić information content (AvgIpc) is 3.23. The first-order valence-electron chi connectivity index (χ1n) is 10.7. The molecule has 2 unspecified atom stereocenters. The van der Waals surface area contributed by atoms with E-state index in [9.17, 15) is 0 Å². The van der Waals surface area contributed by atoms with Crippen molar-refractivity contribution in [1.82, 2.24) is 20.4 Å². The van der Waals surface area contributed by atoms with Crippen molar-refractivity contribution in [3.05, 3.63) is 22.4 Å². The molecule has 174 valence electrons. The zero-order valence-electron chi connectivity index (χ0n) is 18.9. The Morgan fingerprint density at radius 3 is 2.93 bits per heavy atom. The van der Waals surface area contributed by atoms with Crippen molar-refractivity contribution in [2.45, 2.75) is 32.4 Å². The molecule has 0 aromatic carbocycles. The van der Waals surface area contributed by atoms with Crippen molar-refractivity contribution >= 4 is 41.3 Å². The molecule has 0 bridgehead atoms. The van der Waals surface area contributed by atoms with E-state index in [1.165, 1.54) is 4.88 Å². The number of nitrogens with one attached hydrogen (secondary N) is 2. The lowest BCUT2D eigenvalue weighted by Gasteiger charge is -2.36. The fourth-order valence-corrected chi connectivity index (χ4v) is 4.32. The van der Waals surface area contributed by atoms with Crippen LogP contribution in [0.15, 0.2) is 22.5 Å². The number of halogens is 1. The van der Waals surface area contributed by atoms with Gasteiger partial charge in [0.15, 0.2) is 5.96 Å². The molecule has 0 spiro atoms. The molecule has 1 fully saturated rings. The lowest BCUT2D eigenvalue weighted by molar-refractivity contribution is -0.0327. The van der Waals surface area contributed by atoms with Gasteiger partial charge in [-0.2, -0.15) is 0 Å². The van der Waals surface area contributed by atoms with Crippen LogP contribution >= 0.6 is 35.3 Å². The minimum atomic E-state index is 0. The van der Waals surface area contributed by atoms with E-state index in [0.717, 1.165) is 71.4 Å². The Bertz CT molecular complexity index is 576. The summed E-state index contributed by atoms with van der Waals surface area (Å²) < 4.78 is 10.9. The molecule has 1 aromatic rings. The molecule has 1 aliphatic rings. The number of hydrogen-bond donors (Lipinski definition) is 2. The van der Waals surface area contributed by atoms with Crippen LogP contribution in [0, 0.1) is 0 Å². The van der Waals surface area contributed by atoms with Crippen molar-refractivity contribution in [2.24, 2.45) is 4.99 Å².